The zero-order chi connectivity index (χ0) is 16.1. The van der Waals surface area contributed by atoms with E-state index >= 15 is 0 Å². The topological polar surface area (TPSA) is 65.0 Å². The van der Waals surface area contributed by atoms with Crippen LogP contribution < -0.4 is 0 Å². The summed E-state index contributed by atoms with van der Waals surface area (Å²) in [5.41, 5.74) is 1.34. The second-order valence-electron chi connectivity index (χ2n) is 4.83. The van der Waals surface area contributed by atoms with E-state index in [4.69, 9.17) is 9.47 Å². The molecule has 2 aromatic rings. The van der Waals surface area contributed by atoms with Crippen molar-refractivity contribution in [3.8, 4) is 0 Å². The molecule has 23 heavy (non-hydrogen) atoms. The molecule has 0 aliphatic carbocycles. The molecule has 0 aromatic heterocycles. The highest BCUT2D eigenvalue weighted by Gasteiger charge is 2.24. The summed E-state index contributed by atoms with van der Waals surface area (Å²) < 4.78 is 10.0. The fourth-order valence-corrected chi connectivity index (χ4v) is 2.03. The predicted molar refractivity (Wildman–Crippen MR) is 83.6 cm³/mol. The first kappa shape index (κ1) is 14.7. The maximum absolute atomic E-state index is 11.8. The lowest BCUT2D eigenvalue weighted by atomic mass is 10.1. The van der Waals surface area contributed by atoms with E-state index in [0.29, 0.717) is 12.0 Å². The lowest BCUT2D eigenvalue weighted by molar-refractivity contribution is -0.130. The molecule has 1 aliphatic rings. The van der Waals surface area contributed by atoms with Crippen molar-refractivity contribution in [2.45, 2.75) is 6.42 Å². The van der Waals surface area contributed by atoms with Gasteiger partial charge in [0.15, 0.2) is 5.70 Å². The molecule has 5 nitrogen and oxygen atoms in total. The first-order chi connectivity index (χ1) is 11.2. The lowest BCUT2D eigenvalue weighted by Gasteiger charge is -1.99. The van der Waals surface area contributed by atoms with Gasteiger partial charge in [-0.2, -0.15) is 0 Å². The summed E-state index contributed by atoms with van der Waals surface area (Å²) in [5.74, 6) is -0.905. The van der Waals surface area contributed by atoms with Crippen LogP contribution in [0.2, 0.25) is 0 Å². The maximum Gasteiger partial charge on any atom is 0.366 e. The minimum Gasteiger partial charge on any atom is -0.428 e. The van der Waals surface area contributed by atoms with Crippen LogP contribution in [0.1, 0.15) is 15.9 Å². The van der Waals surface area contributed by atoms with Gasteiger partial charge in [0.25, 0.3) is 0 Å². The van der Waals surface area contributed by atoms with Gasteiger partial charge in [-0.25, -0.2) is 14.6 Å². The fraction of sp³-hybridized carbons (Fsp3) is 0.0556. The van der Waals surface area contributed by atoms with Gasteiger partial charge < -0.3 is 9.47 Å². The van der Waals surface area contributed by atoms with Gasteiger partial charge in [0, 0.05) is 6.42 Å². The molecule has 1 aliphatic heterocycles. The molecule has 0 radical (unpaired) electrons. The van der Waals surface area contributed by atoms with Crippen LogP contribution in [-0.2, 0) is 20.7 Å². The molecule has 0 amide bonds. The number of carbonyl (C=O) groups excluding carboxylic acids is 2. The van der Waals surface area contributed by atoms with Gasteiger partial charge in [0.2, 0.25) is 5.90 Å². The third-order valence-corrected chi connectivity index (χ3v) is 3.15. The number of hydrogen-bond donors (Lipinski definition) is 0. The number of ether oxygens (including phenoxy) is 2. The number of rotatable bonds is 4. The quantitative estimate of drug-likeness (QED) is 0.495. The van der Waals surface area contributed by atoms with Crippen LogP contribution in [-0.4, -0.2) is 17.8 Å². The van der Waals surface area contributed by atoms with E-state index in [-0.39, 0.29) is 11.6 Å². The molecule has 0 N–H and O–H groups in total. The molecule has 5 heteroatoms. The molecule has 0 saturated carbocycles. The van der Waals surface area contributed by atoms with E-state index in [9.17, 15) is 9.59 Å². The van der Waals surface area contributed by atoms with E-state index in [1.54, 1.807) is 30.3 Å². The van der Waals surface area contributed by atoms with E-state index in [0.717, 1.165) is 11.8 Å². The van der Waals surface area contributed by atoms with Crippen molar-refractivity contribution < 1.29 is 19.1 Å². The highest BCUT2D eigenvalue weighted by Crippen LogP contribution is 2.15. The van der Waals surface area contributed by atoms with Crippen molar-refractivity contribution in [3.05, 3.63) is 83.7 Å². The Balaban J connectivity index is 1.67. The SMILES string of the molecule is O=C1OC(Cc2ccccc2)=NC1=COC(=O)c1ccccc1. The normalized spacial score (nSPS) is 15.2. The summed E-state index contributed by atoms with van der Waals surface area (Å²) in [6, 6.07) is 18.0. The Morgan fingerprint density at radius 2 is 1.70 bits per heavy atom. The van der Waals surface area contributed by atoms with E-state index in [1.165, 1.54) is 0 Å². The summed E-state index contributed by atoms with van der Waals surface area (Å²) in [4.78, 5) is 27.6. The van der Waals surface area contributed by atoms with E-state index in [1.807, 2.05) is 30.3 Å². The summed E-state index contributed by atoms with van der Waals surface area (Å²) in [6.45, 7) is 0. The van der Waals surface area contributed by atoms with Crippen molar-refractivity contribution in [1.29, 1.82) is 0 Å². The first-order valence-electron chi connectivity index (χ1n) is 7.02. The molecule has 0 atom stereocenters. The molecule has 3 rings (SSSR count). The van der Waals surface area contributed by atoms with Crippen LogP contribution >= 0.6 is 0 Å². The predicted octanol–water partition coefficient (Wildman–Crippen LogP) is 2.88. The van der Waals surface area contributed by atoms with Crippen LogP contribution in [0.4, 0.5) is 0 Å². The molecular formula is C18H13NO4. The van der Waals surface area contributed by atoms with Crippen LogP contribution in [0.3, 0.4) is 0 Å². The van der Waals surface area contributed by atoms with Gasteiger partial charge >= 0.3 is 11.9 Å². The molecule has 0 unspecified atom stereocenters. The van der Waals surface area contributed by atoms with Gasteiger partial charge in [-0.15, -0.1) is 0 Å². The molecule has 114 valence electrons. The molecule has 1 heterocycles. The largest absolute Gasteiger partial charge is 0.428 e. The number of cyclic esters (lactones) is 1. The highest BCUT2D eigenvalue weighted by atomic mass is 16.6. The summed E-state index contributed by atoms with van der Waals surface area (Å²) in [5, 5.41) is 0. The van der Waals surface area contributed by atoms with Crippen molar-refractivity contribution in [2.24, 2.45) is 4.99 Å². The Hall–Kier alpha value is -3.21. The molecule has 0 fully saturated rings. The Bertz CT molecular complexity index is 779. The minimum atomic E-state index is -0.628. The summed E-state index contributed by atoms with van der Waals surface area (Å²) in [7, 11) is 0. The average Bonchev–Trinajstić information content (AvgIpc) is 2.94. The number of benzene rings is 2. The molecule has 0 spiro atoms. The maximum atomic E-state index is 11.8. The van der Waals surface area contributed by atoms with E-state index < -0.39 is 11.9 Å². The van der Waals surface area contributed by atoms with Crippen molar-refractivity contribution in [2.75, 3.05) is 0 Å². The number of nitrogens with zero attached hydrogens (tertiary/aromatic N) is 1. The second-order valence-corrected chi connectivity index (χ2v) is 4.83. The van der Waals surface area contributed by atoms with Gasteiger partial charge in [0.1, 0.15) is 6.26 Å². The van der Waals surface area contributed by atoms with Crippen LogP contribution in [0.15, 0.2) is 77.6 Å². The van der Waals surface area contributed by atoms with Crippen molar-refractivity contribution in [1.82, 2.24) is 0 Å². The summed E-state index contributed by atoms with van der Waals surface area (Å²) in [6.07, 6.45) is 1.42. The van der Waals surface area contributed by atoms with Gasteiger partial charge in [-0.3, -0.25) is 0 Å². The number of aliphatic imine (C=N–C) groups is 1. The zero-order valence-electron chi connectivity index (χ0n) is 12.1. The molecular weight excluding hydrogens is 294 g/mol. The standard InChI is InChI=1S/C18H13NO4/c20-17(14-9-5-2-6-10-14)22-12-15-18(21)23-16(19-15)11-13-7-3-1-4-8-13/h1-10,12H,11H2. The minimum absolute atomic E-state index is 0.0276. The Morgan fingerprint density at radius 3 is 2.39 bits per heavy atom. The first-order valence-corrected chi connectivity index (χ1v) is 7.02. The smallest absolute Gasteiger partial charge is 0.366 e. The van der Waals surface area contributed by atoms with E-state index in [2.05, 4.69) is 4.99 Å². The molecule has 0 saturated heterocycles. The Morgan fingerprint density at radius 1 is 1.04 bits per heavy atom. The third-order valence-electron chi connectivity index (χ3n) is 3.15. The monoisotopic (exact) mass is 307 g/mol. The van der Waals surface area contributed by atoms with Crippen molar-refractivity contribution in [3.63, 3.8) is 0 Å². The lowest BCUT2D eigenvalue weighted by Crippen LogP contribution is -2.07. The van der Waals surface area contributed by atoms with Gasteiger partial charge in [0.05, 0.1) is 5.56 Å². The third kappa shape index (κ3) is 3.71. The Labute approximate surface area is 132 Å². The number of esters is 2. The number of carbonyl (C=O) groups is 2. The Kier molecular flexibility index (Phi) is 4.29. The van der Waals surface area contributed by atoms with Crippen LogP contribution in [0, 0.1) is 0 Å². The van der Waals surface area contributed by atoms with Crippen LogP contribution in [0.25, 0.3) is 0 Å². The molecule has 0 bridgehead atoms. The van der Waals surface area contributed by atoms with Gasteiger partial charge in [-0.05, 0) is 17.7 Å². The summed E-state index contributed by atoms with van der Waals surface area (Å²) >= 11 is 0. The van der Waals surface area contributed by atoms with Gasteiger partial charge in [-0.1, -0.05) is 48.5 Å². The second kappa shape index (κ2) is 6.70. The number of hydrogen-bond acceptors (Lipinski definition) is 5. The highest BCUT2D eigenvalue weighted by molar-refractivity contribution is 6.05. The fourth-order valence-electron chi connectivity index (χ4n) is 2.03. The van der Waals surface area contributed by atoms with Crippen molar-refractivity contribution >= 4 is 17.8 Å². The average molecular weight is 307 g/mol. The molecule has 2 aromatic carbocycles. The zero-order valence-corrected chi connectivity index (χ0v) is 12.1. The van der Waals surface area contributed by atoms with Crippen LogP contribution in [0.5, 0.6) is 0 Å².